The Kier molecular flexibility index (Phi) is 11.5. The number of methoxy groups -OCH3 is 2. The maximum atomic E-state index is 14.0. The average molecular weight is 620 g/mol. The van der Waals surface area contributed by atoms with Crippen LogP contribution in [-0.4, -0.2) is 77.7 Å². The molecule has 1 aliphatic rings. The molecule has 0 unspecified atom stereocenters. The third-order valence-electron chi connectivity index (χ3n) is 8.32. The van der Waals surface area contributed by atoms with Crippen molar-refractivity contribution < 1.29 is 33.0 Å². The molecule has 3 aromatic rings. The second-order valence-corrected chi connectivity index (χ2v) is 16.5. The van der Waals surface area contributed by atoms with Gasteiger partial charge in [-0.25, -0.2) is 9.69 Å². The smallest absolute Gasteiger partial charge is 0.416 e. The number of rotatable bonds is 14. The Morgan fingerprint density at radius 2 is 1.48 bits per heavy atom. The van der Waals surface area contributed by atoms with E-state index in [-0.39, 0.29) is 31.0 Å². The lowest BCUT2D eigenvalue weighted by Gasteiger charge is -2.44. The summed E-state index contributed by atoms with van der Waals surface area (Å²) in [5.41, 5.74) is 1.02. The quantitative estimate of drug-likeness (QED) is 0.190. The van der Waals surface area contributed by atoms with Crippen LogP contribution in [-0.2, 0) is 34.6 Å². The van der Waals surface area contributed by atoms with Crippen LogP contribution in [0.15, 0.2) is 91.0 Å². The number of carbonyl (C=O) groups excluding carboxylic acids is 2. The zero-order valence-electron chi connectivity index (χ0n) is 26.6. The minimum absolute atomic E-state index is 0.0563. The fourth-order valence-corrected chi connectivity index (χ4v) is 10.7. The van der Waals surface area contributed by atoms with Gasteiger partial charge in [0.25, 0.3) is 8.32 Å². The van der Waals surface area contributed by atoms with Gasteiger partial charge in [-0.15, -0.1) is 0 Å². The Morgan fingerprint density at radius 3 is 1.98 bits per heavy atom. The Balaban J connectivity index is 1.63. The number of ether oxygens (including phenoxy) is 4. The molecule has 0 aromatic heterocycles. The van der Waals surface area contributed by atoms with Gasteiger partial charge in [0.1, 0.15) is 25.6 Å². The molecule has 1 heterocycles. The van der Waals surface area contributed by atoms with Gasteiger partial charge in [0.15, 0.2) is 0 Å². The van der Waals surface area contributed by atoms with E-state index in [1.54, 1.807) is 14.0 Å². The van der Waals surface area contributed by atoms with Crippen LogP contribution >= 0.6 is 0 Å². The van der Waals surface area contributed by atoms with Crippen molar-refractivity contribution in [2.75, 3.05) is 34.2 Å². The van der Waals surface area contributed by atoms with E-state index in [1.807, 2.05) is 66.7 Å². The van der Waals surface area contributed by atoms with E-state index in [9.17, 15) is 9.59 Å². The van der Waals surface area contributed by atoms with Gasteiger partial charge in [-0.2, -0.15) is 0 Å². The molecular weight excluding hydrogens is 574 g/mol. The van der Waals surface area contributed by atoms with E-state index in [0.29, 0.717) is 6.42 Å². The summed E-state index contributed by atoms with van der Waals surface area (Å²) in [5.74, 6) is -1.15. The van der Waals surface area contributed by atoms with E-state index < -0.39 is 38.6 Å². The first-order valence-corrected chi connectivity index (χ1v) is 17.0. The number of hydrogen-bond acceptors (Lipinski definition) is 7. The fourth-order valence-electron chi connectivity index (χ4n) is 6.11. The zero-order valence-corrected chi connectivity index (χ0v) is 27.6. The molecule has 0 radical (unpaired) electrons. The molecule has 4 rings (SSSR count). The maximum Gasteiger partial charge on any atom is 0.416 e. The number of carbonyl (C=O) groups is 2. The highest BCUT2D eigenvalue weighted by Gasteiger charge is 2.51. The third kappa shape index (κ3) is 7.30. The molecule has 4 atom stereocenters. The first-order chi connectivity index (χ1) is 21.1. The minimum atomic E-state index is -2.89. The lowest BCUT2D eigenvalue weighted by atomic mass is 9.96. The van der Waals surface area contributed by atoms with E-state index in [2.05, 4.69) is 45.0 Å². The van der Waals surface area contributed by atoms with Crippen molar-refractivity contribution in [2.24, 2.45) is 5.92 Å². The standard InChI is InChI=1S/C35H45NO7Si/c1-26(33(37)36-28(23-41-34(36)38)22-27-16-10-7-11-17-27)32(42-25-39-5)31(40-6)24-43-44(35(2,3)4,29-18-12-8-13-19-29)30-20-14-9-15-21-30/h7-21,26,28,31-32H,22-25H2,1-6H3/t26-,28-,31-,32-/m0/s1. The molecule has 1 fully saturated rings. The molecular formula is C35H45NO7Si. The van der Waals surface area contributed by atoms with Crippen LogP contribution < -0.4 is 10.4 Å². The molecule has 3 aromatic carbocycles. The number of hydrogen-bond donors (Lipinski definition) is 0. The van der Waals surface area contributed by atoms with Gasteiger partial charge in [-0.1, -0.05) is 119 Å². The van der Waals surface area contributed by atoms with E-state index >= 15 is 0 Å². The van der Waals surface area contributed by atoms with Gasteiger partial charge in [-0.3, -0.25) is 4.79 Å². The molecule has 0 saturated carbocycles. The normalized spacial score (nSPS) is 17.6. The Labute approximate surface area is 262 Å². The van der Waals surface area contributed by atoms with Crippen molar-refractivity contribution in [3.8, 4) is 0 Å². The van der Waals surface area contributed by atoms with Crippen LogP contribution in [0.25, 0.3) is 0 Å². The number of benzene rings is 3. The molecule has 236 valence electrons. The summed E-state index contributed by atoms with van der Waals surface area (Å²) in [7, 11) is 0.217. The van der Waals surface area contributed by atoms with E-state index in [4.69, 9.17) is 23.4 Å². The highest BCUT2D eigenvalue weighted by molar-refractivity contribution is 6.99. The van der Waals surface area contributed by atoms with Gasteiger partial charge >= 0.3 is 6.09 Å². The molecule has 8 nitrogen and oxygen atoms in total. The monoisotopic (exact) mass is 619 g/mol. The van der Waals surface area contributed by atoms with Crippen LogP contribution in [0.5, 0.6) is 0 Å². The van der Waals surface area contributed by atoms with Gasteiger partial charge in [0.05, 0.1) is 18.6 Å². The van der Waals surface area contributed by atoms with Gasteiger partial charge < -0.3 is 23.4 Å². The number of amides is 2. The first kappa shape index (κ1) is 33.5. The summed E-state index contributed by atoms with van der Waals surface area (Å²) >= 11 is 0. The predicted molar refractivity (Wildman–Crippen MR) is 172 cm³/mol. The Hall–Kier alpha value is -3.34. The summed E-state index contributed by atoms with van der Waals surface area (Å²) in [6, 6.07) is 30.0. The molecule has 0 aliphatic carbocycles. The van der Waals surface area contributed by atoms with Crippen molar-refractivity contribution in [1.29, 1.82) is 0 Å². The van der Waals surface area contributed by atoms with Crippen LogP contribution in [0.3, 0.4) is 0 Å². The van der Waals surface area contributed by atoms with Crippen LogP contribution in [0.4, 0.5) is 4.79 Å². The molecule has 1 aliphatic heterocycles. The molecule has 0 N–H and O–H groups in total. The van der Waals surface area contributed by atoms with E-state index in [0.717, 1.165) is 15.9 Å². The van der Waals surface area contributed by atoms with Crippen molar-refractivity contribution in [1.82, 2.24) is 4.90 Å². The maximum absolute atomic E-state index is 14.0. The van der Waals surface area contributed by atoms with Crippen LogP contribution in [0, 0.1) is 5.92 Å². The second kappa shape index (κ2) is 15.1. The highest BCUT2D eigenvalue weighted by atomic mass is 28.4. The summed E-state index contributed by atoms with van der Waals surface area (Å²) in [4.78, 5) is 28.1. The summed E-state index contributed by atoms with van der Waals surface area (Å²) < 4.78 is 29.9. The molecule has 44 heavy (non-hydrogen) atoms. The lowest BCUT2D eigenvalue weighted by molar-refractivity contribution is -0.163. The Morgan fingerprint density at radius 1 is 0.932 bits per heavy atom. The highest BCUT2D eigenvalue weighted by Crippen LogP contribution is 2.37. The molecule has 2 amide bonds. The van der Waals surface area contributed by atoms with Crippen molar-refractivity contribution >= 4 is 30.7 Å². The molecule has 9 heteroatoms. The second-order valence-electron chi connectivity index (χ2n) is 12.2. The first-order valence-electron chi connectivity index (χ1n) is 15.1. The van der Waals surface area contributed by atoms with Gasteiger partial charge in [-0.05, 0) is 27.4 Å². The predicted octanol–water partition coefficient (Wildman–Crippen LogP) is 4.79. The number of cyclic esters (lactones) is 1. The Bertz CT molecular complexity index is 1290. The number of nitrogens with zero attached hydrogens (tertiary/aromatic N) is 1. The third-order valence-corrected chi connectivity index (χ3v) is 13.3. The van der Waals surface area contributed by atoms with Crippen molar-refractivity contribution in [3.63, 3.8) is 0 Å². The minimum Gasteiger partial charge on any atom is -0.447 e. The van der Waals surface area contributed by atoms with Crippen LogP contribution in [0.1, 0.15) is 33.3 Å². The molecule has 0 bridgehead atoms. The topological polar surface area (TPSA) is 83.5 Å². The average Bonchev–Trinajstić information content (AvgIpc) is 3.39. The SMILES string of the molecule is COCO[C@H]([C@H](CO[Si](c1ccccc1)(c1ccccc1)C(C)(C)C)OC)[C@H](C)C(=O)N1C(=O)OC[C@@H]1Cc1ccccc1. The van der Waals surface area contributed by atoms with Gasteiger partial charge in [0.2, 0.25) is 5.91 Å². The zero-order chi connectivity index (χ0) is 31.7. The summed E-state index contributed by atoms with van der Waals surface area (Å²) in [6.07, 6.45) is -1.56. The lowest BCUT2D eigenvalue weighted by Crippen LogP contribution is -2.67. The van der Waals surface area contributed by atoms with Gasteiger partial charge in [0, 0.05) is 14.2 Å². The summed E-state index contributed by atoms with van der Waals surface area (Å²) in [5, 5.41) is 2.02. The largest absolute Gasteiger partial charge is 0.447 e. The molecule has 0 spiro atoms. The van der Waals surface area contributed by atoms with Crippen molar-refractivity contribution in [3.05, 3.63) is 96.6 Å². The van der Waals surface area contributed by atoms with Crippen molar-refractivity contribution in [2.45, 2.75) is 57.4 Å². The number of imide groups is 1. The summed E-state index contributed by atoms with van der Waals surface area (Å²) in [6.45, 7) is 8.61. The molecule has 1 saturated heterocycles. The van der Waals surface area contributed by atoms with Crippen LogP contribution in [0.2, 0.25) is 5.04 Å². The van der Waals surface area contributed by atoms with E-state index in [1.165, 1.54) is 12.0 Å². The fraction of sp³-hybridized carbons (Fsp3) is 0.429.